The lowest BCUT2D eigenvalue weighted by atomic mass is 10.1. The molecular formula is C25H27ClN2O5S2. The molecule has 0 bridgehead atoms. The fraction of sp³-hybridized carbons (Fsp3) is 0.320. The van der Waals surface area contributed by atoms with E-state index in [0.29, 0.717) is 48.6 Å². The van der Waals surface area contributed by atoms with Crippen LogP contribution in [0.15, 0.2) is 64.2 Å². The minimum Gasteiger partial charge on any atom is -0.489 e. The molecule has 4 rings (SSSR count). The molecule has 0 aliphatic carbocycles. The summed E-state index contributed by atoms with van der Waals surface area (Å²) >= 11 is 7.21. The number of ether oxygens (including phenoxy) is 2. The van der Waals surface area contributed by atoms with E-state index in [2.05, 4.69) is 4.90 Å². The SMILES string of the molecule is COC(=O)Cc1ccc(OCc2ccc(Cl)cc2)c(CN2CCN(S(=O)(=O)c3cccs3)CC2)c1. The van der Waals surface area contributed by atoms with Crippen LogP contribution in [-0.2, 0) is 39.1 Å². The van der Waals surface area contributed by atoms with Crippen LogP contribution >= 0.6 is 22.9 Å². The van der Waals surface area contributed by atoms with Gasteiger partial charge < -0.3 is 9.47 Å². The van der Waals surface area contributed by atoms with Crippen LogP contribution in [0.1, 0.15) is 16.7 Å². The zero-order valence-electron chi connectivity index (χ0n) is 19.4. The zero-order valence-corrected chi connectivity index (χ0v) is 21.7. The highest BCUT2D eigenvalue weighted by Crippen LogP contribution is 2.26. The Morgan fingerprint density at radius 2 is 1.74 bits per heavy atom. The van der Waals surface area contributed by atoms with Gasteiger partial charge >= 0.3 is 5.97 Å². The minimum atomic E-state index is -3.45. The molecule has 3 aromatic rings. The number of esters is 1. The van der Waals surface area contributed by atoms with Crippen molar-refractivity contribution >= 4 is 38.9 Å². The molecule has 1 aliphatic rings. The normalized spacial score (nSPS) is 15.1. The monoisotopic (exact) mass is 534 g/mol. The molecule has 0 radical (unpaired) electrons. The maximum atomic E-state index is 12.8. The highest BCUT2D eigenvalue weighted by molar-refractivity contribution is 7.91. The number of benzene rings is 2. The van der Waals surface area contributed by atoms with Gasteiger partial charge in [0.1, 0.15) is 16.6 Å². The molecule has 0 amide bonds. The lowest BCUT2D eigenvalue weighted by molar-refractivity contribution is -0.139. The summed E-state index contributed by atoms with van der Waals surface area (Å²) in [4.78, 5) is 14.0. The van der Waals surface area contributed by atoms with E-state index in [4.69, 9.17) is 21.1 Å². The molecule has 186 valence electrons. The van der Waals surface area contributed by atoms with Crippen LogP contribution in [0.3, 0.4) is 0 Å². The summed E-state index contributed by atoms with van der Waals surface area (Å²) in [5.74, 6) is 0.417. The van der Waals surface area contributed by atoms with Crippen molar-refractivity contribution < 1.29 is 22.7 Å². The van der Waals surface area contributed by atoms with E-state index in [1.807, 2.05) is 42.5 Å². The Bertz CT molecular complexity index is 1240. The van der Waals surface area contributed by atoms with Crippen molar-refractivity contribution in [2.45, 2.75) is 23.8 Å². The molecule has 1 aliphatic heterocycles. The molecule has 2 aromatic carbocycles. The second-order valence-corrected chi connectivity index (χ2v) is 11.8. The van der Waals surface area contributed by atoms with Gasteiger partial charge in [0, 0.05) is 43.3 Å². The average Bonchev–Trinajstić information content (AvgIpc) is 3.41. The highest BCUT2D eigenvalue weighted by Gasteiger charge is 2.29. The Balaban J connectivity index is 1.45. The maximum absolute atomic E-state index is 12.8. The first-order chi connectivity index (χ1) is 16.8. The first kappa shape index (κ1) is 25.7. The van der Waals surface area contributed by atoms with Gasteiger partial charge in [-0.1, -0.05) is 41.9 Å². The lowest BCUT2D eigenvalue weighted by Gasteiger charge is -2.34. The maximum Gasteiger partial charge on any atom is 0.309 e. The van der Waals surface area contributed by atoms with E-state index in [0.717, 1.165) is 22.4 Å². The van der Waals surface area contributed by atoms with Crippen LogP contribution in [0.5, 0.6) is 5.75 Å². The van der Waals surface area contributed by atoms with Crippen molar-refractivity contribution in [3.63, 3.8) is 0 Å². The van der Waals surface area contributed by atoms with Gasteiger partial charge in [-0.05, 0) is 40.8 Å². The van der Waals surface area contributed by atoms with Gasteiger partial charge in [-0.2, -0.15) is 4.31 Å². The summed E-state index contributed by atoms with van der Waals surface area (Å²) in [5, 5.41) is 2.44. The third kappa shape index (κ3) is 6.62. The summed E-state index contributed by atoms with van der Waals surface area (Å²) in [7, 11) is -2.08. The Kier molecular flexibility index (Phi) is 8.46. The quantitative estimate of drug-likeness (QED) is 0.383. The predicted octanol–water partition coefficient (Wildman–Crippen LogP) is 4.20. The van der Waals surface area contributed by atoms with Crippen molar-refractivity contribution in [3.8, 4) is 5.75 Å². The van der Waals surface area contributed by atoms with Crippen molar-refractivity contribution in [1.29, 1.82) is 0 Å². The van der Waals surface area contributed by atoms with Crippen LogP contribution in [0.2, 0.25) is 5.02 Å². The van der Waals surface area contributed by atoms with Crippen LogP contribution in [0.25, 0.3) is 0 Å². The van der Waals surface area contributed by atoms with Gasteiger partial charge in [0.25, 0.3) is 10.0 Å². The topological polar surface area (TPSA) is 76.2 Å². The Hall–Kier alpha value is -2.43. The number of piperazine rings is 1. The molecule has 0 unspecified atom stereocenters. The van der Waals surface area contributed by atoms with E-state index in [-0.39, 0.29) is 12.4 Å². The molecule has 1 fully saturated rings. The number of nitrogens with zero attached hydrogens (tertiary/aromatic N) is 2. The first-order valence-corrected chi connectivity index (χ1v) is 13.9. The summed E-state index contributed by atoms with van der Waals surface area (Å²) < 4.78 is 38.5. The van der Waals surface area contributed by atoms with Crippen molar-refractivity contribution in [3.05, 3.63) is 81.7 Å². The number of methoxy groups -OCH3 is 1. The second kappa shape index (κ2) is 11.5. The number of carbonyl (C=O) groups is 1. The van der Waals surface area contributed by atoms with Gasteiger partial charge in [0.05, 0.1) is 13.5 Å². The minimum absolute atomic E-state index is 0.174. The molecule has 0 spiro atoms. The highest BCUT2D eigenvalue weighted by atomic mass is 35.5. The van der Waals surface area contributed by atoms with Gasteiger partial charge in [-0.25, -0.2) is 8.42 Å². The first-order valence-electron chi connectivity index (χ1n) is 11.2. The van der Waals surface area contributed by atoms with Crippen molar-refractivity contribution in [2.24, 2.45) is 0 Å². The van der Waals surface area contributed by atoms with Gasteiger partial charge in [0.15, 0.2) is 0 Å². The summed E-state index contributed by atoms with van der Waals surface area (Å²) in [6.07, 6.45) is 0.174. The van der Waals surface area contributed by atoms with E-state index in [1.54, 1.807) is 21.8 Å². The number of carbonyl (C=O) groups excluding carboxylic acids is 1. The van der Waals surface area contributed by atoms with Crippen LogP contribution in [0, 0.1) is 0 Å². The largest absolute Gasteiger partial charge is 0.489 e. The van der Waals surface area contributed by atoms with Crippen LogP contribution in [0.4, 0.5) is 0 Å². The van der Waals surface area contributed by atoms with Crippen LogP contribution < -0.4 is 4.74 Å². The molecule has 0 saturated carbocycles. The fourth-order valence-electron chi connectivity index (χ4n) is 3.89. The number of halogens is 1. The van der Waals surface area contributed by atoms with Crippen LogP contribution in [-0.4, -0.2) is 56.9 Å². The van der Waals surface area contributed by atoms with E-state index < -0.39 is 10.0 Å². The van der Waals surface area contributed by atoms with Gasteiger partial charge in [-0.15, -0.1) is 11.3 Å². The molecule has 0 N–H and O–H groups in total. The third-order valence-corrected chi connectivity index (χ3v) is 9.35. The number of hydrogen-bond donors (Lipinski definition) is 0. The summed E-state index contributed by atoms with van der Waals surface area (Å²) in [6, 6.07) is 16.6. The van der Waals surface area contributed by atoms with Gasteiger partial charge in [-0.3, -0.25) is 9.69 Å². The summed E-state index contributed by atoms with van der Waals surface area (Å²) in [5.41, 5.74) is 2.77. The average molecular weight is 535 g/mol. The Labute approximate surface area is 214 Å². The summed E-state index contributed by atoms with van der Waals surface area (Å²) in [6.45, 7) is 3.00. The Morgan fingerprint density at radius 1 is 1.03 bits per heavy atom. The zero-order chi connectivity index (χ0) is 24.8. The second-order valence-electron chi connectivity index (χ2n) is 8.22. The van der Waals surface area contributed by atoms with E-state index in [1.165, 1.54) is 18.4 Å². The fourth-order valence-corrected chi connectivity index (χ4v) is 6.59. The number of thiophene rings is 1. The lowest BCUT2D eigenvalue weighted by Crippen LogP contribution is -2.48. The smallest absolute Gasteiger partial charge is 0.309 e. The molecule has 1 saturated heterocycles. The molecular weight excluding hydrogens is 508 g/mol. The third-order valence-electron chi connectivity index (χ3n) is 5.82. The standard InChI is InChI=1S/C25H27ClN2O5S2/c1-32-24(29)16-20-6-9-23(33-18-19-4-7-22(26)8-5-19)21(15-20)17-27-10-12-28(13-11-27)35(30,31)25-3-2-14-34-25/h2-9,14-15H,10-13,16-18H2,1H3. The molecule has 0 atom stereocenters. The number of hydrogen-bond acceptors (Lipinski definition) is 7. The number of rotatable bonds is 9. The molecule has 35 heavy (non-hydrogen) atoms. The number of sulfonamides is 1. The van der Waals surface area contributed by atoms with Crippen molar-refractivity contribution in [2.75, 3.05) is 33.3 Å². The molecule has 1 aromatic heterocycles. The van der Waals surface area contributed by atoms with E-state index >= 15 is 0 Å². The van der Waals surface area contributed by atoms with Gasteiger partial charge in [0.2, 0.25) is 0 Å². The molecule has 2 heterocycles. The Morgan fingerprint density at radius 3 is 2.40 bits per heavy atom. The van der Waals surface area contributed by atoms with E-state index in [9.17, 15) is 13.2 Å². The van der Waals surface area contributed by atoms with Crippen molar-refractivity contribution in [1.82, 2.24) is 9.21 Å². The predicted molar refractivity (Wildman–Crippen MR) is 136 cm³/mol. The molecule has 7 nitrogen and oxygen atoms in total. The molecule has 10 heteroatoms.